The maximum absolute atomic E-state index is 13.5. The fraction of sp³-hybridized carbons (Fsp3) is 0.308. The van der Waals surface area contributed by atoms with Gasteiger partial charge in [0, 0.05) is 18.0 Å². The van der Waals surface area contributed by atoms with Crippen LogP contribution in [0, 0.1) is 5.82 Å². The number of carbonyl (C=O) groups is 1. The molecule has 0 aliphatic carbocycles. The van der Waals surface area contributed by atoms with E-state index >= 15 is 0 Å². The second-order valence-corrected chi connectivity index (χ2v) is 4.64. The Morgan fingerprint density at radius 3 is 3.11 bits per heavy atom. The lowest BCUT2D eigenvalue weighted by molar-refractivity contribution is -0.143. The number of aromatic nitrogens is 2. The number of thiazole rings is 1. The molecule has 0 radical (unpaired) electrons. The summed E-state index contributed by atoms with van der Waals surface area (Å²) in [6.45, 7) is 2.14. The van der Waals surface area contributed by atoms with E-state index in [1.807, 2.05) is 5.38 Å². The number of halogens is 1. The first-order valence-corrected chi connectivity index (χ1v) is 6.79. The van der Waals surface area contributed by atoms with Crippen molar-refractivity contribution in [2.45, 2.75) is 19.8 Å². The Morgan fingerprint density at radius 2 is 2.37 bits per heavy atom. The van der Waals surface area contributed by atoms with Crippen LogP contribution in [0.3, 0.4) is 0 Å². The van der Waals surface area contributed by atoms with Gasteiger partial charge < -0.3 is 4.74 Å². The summed E-state index contributed by atoms with van der Waals surface area (Å²) >= 11 is 1.32. The lowest BCUT2D eigenvalue weighted by Crippen LogP contribution is -2.05. The lowest BCUT2D eigenvalue weighted by atomic mass is 10.2. The number of carbonyl (C=O) groups excluding carboxylic acids is 1. The van der Waals surface area contributed by atoms with Crippen molar-refractivity contribution in [3.8, 4) is 10.7 Å². The van der Waals surface area contributed by atoms with E-state index < -0.39 is 5.82 Å². The lowest BCUT2D eigenvalue weighted by Gasteiger charge is -1.99. The van der Waals surface area contributed by atoms with E-state index in [2.05, 4.69) is 9.97 Å². The maximum atomic E-state index is 13.5. The van der Waals surface area contributed by atoms with Crippen molar-refractivity contribution >= 4 is 17.3 Å². The molecule has 19 heavy (non-hydrogen) atoms. The summed E-state index contributed by atoms with van der Waals surface area (Å²) in [5.74, 6) is -0.644. The van der Waals surface area contributed by atoms with Gasteiger partial charge in [-0.2, -0.15) is 0 Å². The number of ether oxygens (including phenoxy) is 1. The Labute approximate surface area is 114 Å². The minimum Gasteiger partial charge on any atom is -0.466 e. The molecule has 0 saturated heterocycles. The smallest absolute Gasteiger partial charge is 0.306 e. The number of pyridine rings is 1. The molecule has 0 spiro atoms. The normalized spacial score (nSPS) is 10.4. The minimum atomic E-state index is -0.395. The number of rotatable bonds is 5. The van der Waals surface area contributed by atoms with Crippen LogP contribution >= 0.6 is 11.3 Å². The Bertz CT molecular complexity index is 571. The molecule has 2 aromatic rings. The minimum absolute atomic E-state index is 0.245. The molecule has 4 nitrogen and oxygen atoms in total. The van der Waals surface area contributed by atoms with Gasteiger partial charge in [-0.25, -0.2) is 9.37 Å². The molecule has 0 fully saturated rings. The third kappa shape index (κ3) is 3.57. The topological polar surface area (TPSA) is 52.1 Å². The van der Waals surface area contributed by atoms with E-state index in [9.17, 15) is 9.18 Å². The predicted octanol–water partition coefficient (Wildman–Crippen LogP) is 2.84. The maximum Gasteiger partial charge on any atom is 0.306 e. The number of hydrogen-bond acceptors (Lipinski definition) is 5. The van der Waals surface area contributed by atoms with Crippen molar-refractivity contribution in [2.24, 2.45) is 0 Å². The molecule has 0 aromatic carbocycles. The molecule has 0 bridgehead atoms. The number of esters is 1. The van der Waals surface area contributed by atoms with Crippen LogP contribution in [-0.2, 0) is 16.0 Å². The third-order valence-electron chi connectivity index (χ3n) is 2.40. The summed E-state index contributed by atoms with van der Waals surface area (Å²) in [6, 6.07) is 2.89. The van der Waals surface area contributed by atoms with Gasteiger partial charge >= 0.3 is 5.97 Å². The van der Waals surface area contributed by atoms with Crippen LogP contribution in [0.4, 0.5) is 4.39 Å². The van der Waals surface area contributed by atoms with E-state index in [0.717, 1.165) is 5.69 Å². The van der Waals surface area contributed by atoms with Crippen molar-refractivity contribution in [1.82, 2.24) is 9.97 Å². The zero-order chi connectivity index (χ0) is 13.7. The van der Waals surface area contributed by atoms with Gasteiger partial charge in [-0.3, -0.25) is 9.78 Å². The van der Waals surface area contributed by atoms with E-state index in [0.29, 0.717) is 18.0 Å². The van der Waals surface area contributed by atoms with Crippen molar-refractivity contribution in [1.29, 1.82) is 0 Å². The Balaban J connectivity index is 2.04. The van der Waals surface area contributed by atoms with Crippen LogP contribution in [0.1, 0.15) is 19.0 Å². The molecule has 2 aromatic heterocycles. The van der Waals surface area contributed by atoms with Gasteiger partial charge in [-0.05, 0) is 19.1 Å². The monoisotopic (exact) mass is 280 g/mol. The summed E-state index contributed by atoms with van der Waals surface area (Å²) in [7, 11) is 0. The van der Waals surface area contributed by atoms with Crippen LogP contribution in [0.5, 0.6) is 0 Å². The Kier molecular flexibility index (Phi) is 4.57. The quantitative estimate of drug-likeness (QED) is 0.790. The van der Waals surface area contributed by atoms with Crippen LogP contribution in [0.2, 0.25) is 0 Å². The zero-order valence-corrected chi connectivity index (χ0v) is 11.2. The first-order chi connectivity index (χ1) is 9.20. The highest BCUT2D eigenvalue weighted by atomic mass is 32.1. The van der Waals surface area contributed by atoms with Crippen molar-refractivity contribution in [2.75, 3.05) is 6.61 Å². The van der Waals surface area contributed by atoms with Gasteiger partial charge in [0.2, 0.25) is 0 Å². The highest BCUT2D eigenvalue weighted by molar-refractivity contribution is 7.13. The largest absolute Gasteiger partial charge is 0.466 e. The molecule has 0 amide bonds. The molecular formula is C13H13FN2O2S. The number of hydrogen-bond donors (Lipinski definition) is 0. The van der Waals surface area contributed by atoms with Crippen LogP contribution in [-0.4, -0.2) is 22.5 Å². The van der Waals surface area contributed by atoms with Crippen molar-refractivity contribution in [3.05, 3.63) is 35.2 Å². The molecular weight excluding hydrogens is 267 g/mol. The fourth-order valence-electron chi connectivity index (χ4n) is 1.54. The van der Waals surface area contributed by atoms with Gasteiger partial charge in [0.15, 0.2) is 5.82 Å². The molecule has 6 heteroatoms. The third-order valence-corrected chi connectivity index (χ3v) is 3.30. The summed E-state index contributed by atoms with van der Waals surface area (Å²) in [5.41, 5.74) is 0.994. The Morgan fingerprint density at radius 1 is 1.53 bits per heavy atom. The SMILES string of the molecule is CCOC(=O)CCc1csc(-c2ncccc2F)n1. The molecule has 0 atom stereocenters. The average Bonchev–Trinajstić information content (AvgIpc) is 2.86. The van der Waals surface area contributed by atoms with Crippen molar-refractivity contribution in [3.63, 3.8) is 0 Å². The molecule has 2 heterocycles. The van der Waals surface area contributed by atoms with E-state index in [1.165, 1.54) is 29.7 Å². The summed E-state index contributed by atoms with van der Waals surface area (Å²) in [6.07, 6.45) is 2.30. The summed E-state index contributed by atoms with van der Waals surface area (Å²) in [4.78, 5) is 19.5. The van der Waals surface area contributed by atoms with Crippen molar-refractivity contribution < 1.29 is 13.9 Å². The molecule has 100 valence electrons. The second-order valence-electron chi connectivity index (χ2n) is 3.78. The molecule has 0 saturated carbocycles. The van der Waals surface area contributed by atoms with Gasteiger partial charge in [0.05, 0.1) is 18.7 Å². The van der Waals surface area contributed by atoms with Gasteiger partial charge in [0.1, 0.15) is 10.7 Å². The average molecular weight is 280 g/mol. The van der Waals surface area contributed by atoms with Gasteiger partial charge in [-0.15, -0.1) is 11.3 Å². The summed E-state index contributed by atoms with van der Waals surface area (Å²) < 4.78 is 18.4. The Hall–Kier alpha value is -1.82. The van der Waals surface area contributed by atoms with E-state index in [1.54, 1.807) is 6.92 Å². The second kappa shape index (κ2) is 6.38. The van der Waals surface area contributed by atoms with E-state index in [4.69, 9.17) is 4.74 Å². The highest BCUT2D eigenvalue weighted by Crippen LogP contribution is 2.24. The van der Waals surface area contributed by atoms with E-state index in [-0.39, 0.29) is 18.1 Å². The number of nitrogens with zero attached hydrogens (tertiary/aromatic N) is 2. The first kappa shape index (κ1) is 13.6. The molecule has 0 aliphatic rings. The van der Waals surface area contributed by atoms with Gasteiger partial charge in [0.25, 0.3) is 0 Å². The fourth-order valence-corrected chi connectivity index (χ4v) is 2.39. The first-order valence-electron chi connectivity index (χ1n) is 5.91. The van der Waals surface area contributed by atoms with Crippen LogP contribution in [0.15, 0.2) is 23.7 Å². The molecule has 2 rings (SSSR count). The molecule has 0 unspecified atom stereocenters. The van der Waals surface area contributed by atoms with Crippen LogP contribution in [0.25, 0.3) is 10.7 Å². The number of aryl methyl sites for hydroxylation is 1. The zero-order valence-electron chi connectivity index (χ0n) is 10.4. The van der Waals surface area contributed by atoms with Gasteiger partial charge in [-0.1, -0.05) is 0 Å². The molecule has 0 N–H and O–H groups in total. The van der Waals surface area contributed by atoms with Crippen LogP contribution < -0.4 is 0 Å². The predicted molar refractivity (Wildman–Crippen MR) is 70.3 cm³/mol. The summed E-state index contributed by atoms with van der Waals surface area (Å²) in [5, 5.41) is 2.33. The molecule has 0 aliphatic heterocycles. The highest BCUT2D eigenvalue weighted by Gasteiger charge is 2.11. The standard InChI is InChI=1S/C13H13FN2O2S/c1-2-18-11(17)6-5-9-8-19-13(16-9)12-10(14)4-3-7-15-12/h3-4,7-8H,2,5-6H2,1H3.